The predicted molar refractivity (Wildman–Crippen MR) is 128 cm³/mol. The normalized spacial score (nSPS) is 19.9. The average molecular weight is 551 g/mol. The van der Waals surface area contributed by atoms with Crippen molar-refractivity contribution >= 4 is 33.7 Å². The Morgan fingerprint density at radius 2 is 2.11 bits per heavy atom. The van der Waals surface area contributed by atoms with E-state index in [1.807, 2.05) is 0 Å². The molecule has 1 atom stereocenters. The molecule has 3 heterocycles. The fourth-order valence-electron chi connectivity index (χ4n) is 4.63. The number of pyridine rings is 2. The van der Waals surface area contributed by atoms with Crippen molar-refractivity contribution in [1.29, 1.82) is 0 Å². The lowest BCUT2D eigenvalue weighted by Gasteiger charge is -2.43. The number of aryl methyl sites for hydroxylation is 2. The maximum atomic E-state index is 14.2. The van der Waals surface area contributed by atoms with E-state index in [1.54, 1.807) is 0 Å². The van der Waals surface area contributed by atoms with Crippen LogP contribution in [0.5, 0.6) is 0 Å². The summed E-state index contributed by atoms with van der Waals surface area (Å²) in [5.74, 6) is -1.86. The monoisotopic (exact) mass is 550 g/mol. The van der Waals surface area contributed by atoms with Crippen molar-refractivity contribution in [3.63, 3.8) is 0 Å². The number of anilines is 1. The largest absolute Gasteiger partial charge is 0.480 e. The van der Waals surface area contributed by atoms with E-state index >= 15 is 0 Å². The molecule has 188 valence electrons. The molecule has 2 aromatic heterocycles. The molecule has 0 saturated heterocycles. The Labute approximate surface area is 210 Å². The lowest BCUT2D eigenvalue weighted by atomic mass is 9.76. The highest BCUT2D eigenvalue weighted by Crippen LogP contribution is 2.37. The van der Waals surface area contributed by atoms with Crippen molar-refractivity contribution in [3.05, 3.63) is 51.6 Å². The first-order valence-corrected chi connectivity index (χ1v) is 12.5. The lowest BCUT2D eigenvalue weighted by molar-refractivity contribution is -0.204. The zero-order chi connectivity index (χ0) is 24.9. The van der Waals surface area contributed by atoms with Gasteiger partial charge in [0.1, 0.15) is 17.4 Å². The first kappa shape index (κ1) is 25.5. The maximum absolute atomic E-state index is 14.2. The number of hydroxylamine groups is 2. The van der Waals surface area contributed by atoms with Gasteiger partial charge < -0.3 is 20.4 Å². The van der Waals surface area contributed by atoms with Crippen LogP contribution >= 0.6 is 15.9 Å². The molecule has 2 aromatic rings. The molecule has 1 fully saturated rings. The average Bonchev–Trinajstić information content (AvgIpc) is 2.80. The van der Waals surface area contributed by atoms with Gasteiger partial charge in [0.15, 0.2) is 5.82 Å². The Balaban J connectivity index is 1.40. The molecule has 0 spiro atoms. The third kappa shape index (κ3) is 5.96. The van der Waals surface area contributed by atoms with Crippen molar-refractivity contribution in [2.24, 2.45) is 5.92 Å². The number of carboxylic acids is 1. The highest BCUT2D eigenvalue weighted by Gasteiger charge is 2.42. The van der Waals surface area contributed by atoms with E-state index < -0.39 is 30.4 Å². The summed E-state index contributed by atoms with van der Waals surface area (Å²) < 4.78 is 14.3. The topological polar surface area (TPSA) is 125 Å². The van der Waals surface area contributed by atoms with Crippen LogP contribution in [0.25, 0.3) is 0 Å². The lowest BCUT2D eigenvalue weighted by Crippen LogP contribution is -2.53. The Hall–Kier alpha value is -2.63. The van der Waals surface area contributed by atoms with Crippen LogP contribution in [0.4, 0.5) is 10.2 Å². The molecule has 0 bridgehead atoms. The van der Waals surface area contributed by atoms with Crippen LogP contribution in [0.15, 0.2) is 29.0 Å². The van der Waals surface area contributed by atoms with Crippen molar-refractivity contribution in [2.75, 3.05) is 18.5 Å². The van der Waals surface area contributed by atoms with Crippen LogP contribution in [0.2, 0.25) is 0 Å². The van der Waals surface area contributed by atoms with E-state index in [4.69, 9.17) is 9.82 Å². The Morgan fingerprint density at radius 1 is 1.31 bits per heavy atom. The van der Waals surface area contributed by atoms with Gasteiger partial charge in [0.25, 0.3) is 0 Å². The third-order valence-electron chi connectivity index (χ3n) is 6.57. The van der Waals surface area contributed by atoms with Gasteiger partial charge in [-0.3, -0.25) is 9.78 Å². The molecule has 9 nitrogen and oxygen atoms in total. The van der Waals surface area contributed by atoms with E-state index in [0.29, 0.717) is 18.8 Å². The number of hydrogen-bond donors (Lipinski definition) is 3. The second-order valence-electron chi connectivity index (χ2n) is 8.95. The van der Waals surface area contributed by atoms with Crippen LogP contribution in [-0.4, -0.2) is 62.4 Å². The Morgan fingerprint density at radius 3 is 2.83 bits per heavy atom. The number of hydrogen-bond acceptors (Lipinski definition) is 8. The zero-order valence-electron chi connectivity index (χ0n) is 19.1. The number of nitrogens with zero attached hydrogens (tertiary/aromatic N) is 3. The molecule has 1 saturated carbocycles. The summed E-state index contributed by atoms with van der Waals surface area (Å²) in [6.45, 7) is 0.535. The Bertz CT molecular complexity index is 1060. The number of carbonyl (C=O) groups is 2. The van der Waals surface area contributed by atoms with Crippen molar-refractivity contribution in [2.45, 2.75) is 57.0 Å². The number of fused-ring (bicyclic) bond motifs is 1. The van der Waals surface area contributed by atoms with E-state index in [0.717, 1.165) is 55.0 Å². The summed E-state index contributed by atoms with van der Waals surface area (Å²) in [5, 5.41) is 23.5. The van der Waals surface area contributed by atoms with E-state index in [-0.39, 0.29) is 22.5 Å². The summed E-state index contributed by atoms with van der Waals surface area (Å²) in [6, 6.07) is 2.58. The molecular formula is C24H28BrFN4O5. The van der Waals surface area contributed by atoms with Crippen LogP contribution in [0, 0.1) is 11.7 Å². The third-order valence-corrected chi connectivity index (χ3v) is 7.17. The summed E-state index contributed by atoms with van der Waals surface area (Å²) in [6.07, 6.45) is 7.05. The molecule has 0 aromatic carbocycles. The number of aliphatic carboxylic acids is 1. The minimum Gasteiger partial charge on any atom is -0.480 e. The van der Waals surface area contributed by atoms with Gasteiger partial charge in [-0.05, 0) is 78.4 Å². The van der Waals surface area contributed by atoms with Crippen LogP contribution in [0.3, 0.4) is 0 Å². The number of aromatic nitrogens is 2. The number of halogens is 2. The van der Waals surface area contributed by atoms with Gasteiger partial charge in [-0.1, -0.05) is 6.07 Å². The molecule has 0 amide bonds. The fraction of sp³-hybridized carbons (Fsp3) is 0.500. The molecule has 35 heavy (non-hydrogen) atoms. The van der Waals surface area contributed by atoms with E-state index in [9.17, 15) is 24.2 Å². The van der Waals surface area contributed by atoms with Crippen LogP contribution < -0.4 is 5.32 Å². The van der Waals surface area contributed by atoms with Crippen molar-refractivity contribution in [1.82, 2.24) is 15.0 Å². The van der Waals surface area contributed by atoms with Gasteiger partial charge in [0, 0.05) is 31.1 Å². The van der Waals surface area contributed by atoms with Gasteiger partial charge in [-0.15, -0.1) is 5.06 Å². The van der Waals surface area contributed by atoms with E-state index in [2.05, 4.69) is 38.4 Å². The number of rotatable bonds is 10. The molecule has 3 N–H and O–H groups in total. The molecule has 1 aliphatic carbocycles. The maximum Gasteiger partial charge on any atom is 0.361 e. The first-order valence-electron chi connectivity index (χ1n) is 11.7. The van der Waals surface area contributed by atoms with Crippen molar-refractivity contribution in [3.8, 4) is 0 Å². The molecule has 2 aliphatic rings. The smallest absolute Gasteiger partial charge is 0.361 e. The minimum atomic E-state index is -1.24. The zero-order valence-corrected chi connectivity index (χ0v) is 20.7. The molecule has 4 rings (SSSR count). The van der Waals surface area contributed by atoms with Gasteiger partial charge in [-0.25, -0.2) is 14.2 Å². The molecular weight excluding hydrogens is 523 g/mol. The number of carboxylic acid groups (broad SMARTS) is 1. The number of aliphatic hydroxyl groups excluding tert-OH is 1. The van der Waals surface area contributed by atoms with Crippen LogP contribution in [-0.2, 0) is 22.5 Å². The number of aliphatic hydroxyl groups is 1. The highest BCUT2D eigenvalue weighted by atomic mass is 79.9. The summed E-state index contributed by atoms with van der Waals surface area (Å²) >= 11 is 3.09. The summed E-state index contributed by atoms with van der Waals surface area (Å²) in [7, 11) is 0. The van der Waals surface area contributed by atoms with Gasteiger partial charge in [0.2, 0.25) is 0 Å². The quantitative estimate of drug-likeness (QED) is 0.382. The SMILES string of the molecule is O=C(ON(C1CC(CCc2ccc3c(n2)NCCC3)C1)[C@@H](CCO)C(=O)O)c1c(F)cncc1Br. The van der Waals surface area contributed by atoms with Gasteiger partial charge in [-0.2, -0.15) is 0 Å². The van der Waals surface area contributed by atoms with Gasteiger partial charge >= 0.3 is 11.9 Å². The number of nitrogens with one attached hydrogen (secondary N) is 1. The summed E-state index contributed by atoms with van der Waals surface area (Å²) in [5.41, 5.74) is 1.88. The number of carbonyl (C=O) groups excluding carboxylic acids is 1. The highest BCUT2D eigenvalue weighted by molar-refractivity contribution is 9.10. The van der Waals surface area contributed by atoms with Crippen LogP contribution in [0.1, 0.15) is 53.7 Å². The predicted octanol–water partition coefficient (Wildman–Crippen LogP) is 3.36. The second kappa shape index (κ2) is 11.4. The van der Waals surface area contributed by atoms with E-state index in [1.165, 1.54) is 11.8 Å². The molecule has 0 unspecified atom stereocenters. The Kier molecular flexibility index (Phi) is 8.30. The molecule has 0 radical (unpaired) electrons. The minimum absolute atomic E-state index is 0.106. The van der Waals surface area contributed by atoms with Gasteiger partial charge in [0.05, 0.1) is 10.7 Å². The standard InChI is InChI=1S/C24H28BrFN4O5/c25-18-12-27-13-19(26)21(18)24(34)35-30(20(7-9-31)23(32)33)17-10-14(11-17)3-5-16-6-4-15-2-1-8-28-22(15)29-16/h4,6,12-14,17,20,31H,1-3,5,7-11H2,(H,28,29)(H,32,33)/t14?,17?,20-/m0/s1. The molecule has 1 aliphatic heterocycles. The second-order valence-corrected chi connectivity index (χ2v) is 9.81. The molecule has 11 heteroatoms. The summed E-state index contributed by atoms with van der Waals surface area (Å²) in [4.78, 5) is 38.5. The van der Waals surface area contributed by atoms with Crippen molar-refractivity contribution < 1.29 is 29.0 Å². The first-order chi connectivity index (χ1) is 16.9. The fourth-order valence-corrected chi connectivity index (χ4v) is 5.10.